The lowest BCUT2D eigenvalue weighted by Gasteiger charge is -2.28. The summed E-state index contributed by atoms with van der Waals surface area (Å²) in [5.74, 6) is -4.99. The number of amides is 2. The van der Waals surface area contributed by atoms with Gasteiger partial charge in [-0.1, -0.05) is 45.7 Å². The third-order valence-corrected chi connectivity index (χ3v) is 6.51. The van der Waals surface area contributed by atoms with E-state index in [1.807, 2.05) is 6.07 Å². The molecule has 0 aliphatic rings. The fraction of sp³-hybridized carbons (Fsp3) is 0.130. The number of halogens is 6. The largest absolute Gasteiger partial charge is 0.394 e. The summed E-state index contributed by atoms with van der Waals surface area (Å²) >= 11 is 22.7. The number of alkyl halides is 2. The predicted molar refractivity (Wildman–Crippen MR) is 134 cm³/mol. The fourth-order valence-electron chi connectivity index (χ4n) is 3.39. The van der Waals surface area contributed by atoms with Gasteiger partial charge in [0.05, 0.1) is 22.2 Å². The van der Waals surface area contributed by atoms with E-state index < -0.39 is 39.4 Å². The first-order valence-corrected chi connectivity index (χ1v) is 11.6. The number of carbonyl (C=O) groups is 2. The molecule has 0 saturated carbocycles. The van der Waals surface area contributed by atoms with Crippen molar-refractivity contribution in [1.29, 1.82) is 0 Å². The third-order valence-electron chi connectivity index (χ3n) is 4.98. The van der Waals surface area contributed by atoms with Crippen molar-refractivity contribution in [1.82, 2.24) is 0 Å². The van der Waals surface area contributed by atoms with Gasteiger partial charge >= 0.3 is 0 Å². The number of nitrogens with one attached hydrogen (secondary N) is 1. The molecule has 34 heavy (non-hydrogen) atoms. The molecule has 2 amide bonds. The van der Waals surface area contributed by atoms with Gasteiger partial charge in [0.2, 0.25) is 5.91 Å². The minimum Gasteiger partial charge on any atom is -0.394 e. The lowest BCUT2D eigenvalue weighted by Crippen LogP contribution is -2.37. The second-order valence-electron chi connectivity index (χ2n) is 7.42. The summed E-state index contributed by atoms with van der Waals surface area (Å²) in [6.45, 7) is 0. The molecule has 0 radical (unpaired) electrons. The summed E-state index contributed by atoms with van der Waals surface area (Å²) < 4.78 is 26.8. The maximum Gasteiger partial charge on any atom is 0.257 e. The van der Waals surface area contributed by atoms with E-state index in [0.717, 1.165) is 22.2 Å². The van der Waals surface area contributed by atoms with E-state index in [2.05, 4.69) is 21.2 Å². The first-order chi connectivity index (χ1) is 15.9. The highest BCUT2D eigenvalue weighted by Crippen LogP contribution is 2.42. The molecule has 3 aromatic carbocycles. The standard InChI is InChI=1S/C23H17BrCl3F2N3O2/c24-13-3-1-2-11(8-13)10-23(26,27)18(21(31)33)12-4-5-15(25)14(9-12)22(34)32-17-7-6-16(28)20(30)19(17)29/h1-9,18H,10,30H2,(H2,31,33)(H,32,34). The highest BCUT2D eigenvalue weighted by Gasteiger charge is 2.40. The average molecular weight is 592 g/mol. The Hall–Kier alpha value is -2.39. The van der Waals surface area contributed by atoms with Crippen molar-refractivity contribution < 1.29 is 18.4 Å². The number of carbonyl (C=O) groups excluding carboxylic acids is 2. The monoisotopic (exact) mass is 589 g/mol. The zero-order chi connectivity index (χ0) is 25.2. The zero-order valence-corrected chi connectivity index (χ0v) is 21.1. The quantitative estimate of drug-likeness (QED) is 0.225. The minimum absolute atomic E-state index is 0.00157. The normalized spacial score (nSPS) is 12.3. The van der Waals surface area contributed by atoms with E-state index in [9.17, 15) is 18.4 Å². The molecule has 0 bridgehead atoms. The summed E-state index contributed by atoms with van der Waals surface area (Å²) in [6, 6.07) is 13.2. The number of primary amides is 1. The van der Waals surface area contributed by atoms with E-state index in [4.69, 9.17) is 46.3 Å². The van der Waals surface area contributed by atoms with Crippen LogP contribution in [-0.4, -0.2) is 16.1 Å². The van der Waals surface area contributed by atoms with Gasteiger partial charge in [-0.25, -0.2) is 8.78 Å². The number of benzene rings is 3. The van der Waals surface area contributed by atoms with Gasteiger partial charge in [0.1, 0.15) is 15.8 Å². The number of anilines is 2. The van der Waals surface area contributed by atoms with Crippen molar-refractivity contribution >= 4 is 73.9 Å². The topological polar surface area (TPSA) is 98.2 Å². The van der Waals surface area contributed by atoms with Crippen LogP contribution in [0.5, 0.6) is 0 Å². The van der Waals surface area contributed by atoms with Crippen LogP contribution < -0.4 is 16.8 Å². The van der Waals surface area contributed by atoms with Gasteiger partial charge in [-0.05, 0) is 47.5 Å². The number of hydrogen-bond donors (Lipinski definition) is 3. The van der Waals surface area contributed by atoms with Crippen molar-refractivity contribution in [3.63, 3.8) is 0 Å². The molecule has 1 unspecified atom stereocenters. The zero-order valence-electron chi connectivity index (χ0n) is 17.2. The van der Waals surface area contributed by atoms with Crippen molar-refractivity contribution in [3.8, 4) is 0 Å². The molecule has 0 aliphatic heterocycles. The molecule has 3 rings (SSSR count). The summed E-state index contributed by atoms with van der Waals surface area (Å²) in [5, 5.41) is 2.28. The Morgan fingerprint density at radius 2 is 1.79 bits per heavy atom. The van der Waals surface area contributed by atoms with Crippen molar-refractivity contribution in [2.24, 2.45) is 5.73 Å². The van der Waals surface area contributed by atoms with E-state index in [-0.39, 0.29) is 28.3 Å². The molecule has 5 N–H and O–H groups in total. The second-order valence-corrected chi connectivity index (χ2v) is 10.3. The lowest BCUT2D eigenvalue weighted by molar-refractivity contribution is -0.119. The molecular formula is C23H17BrCl3F2N3O2. The Morgan fingerprint density at radius 1 is 1.09 bits per heavy atom. The maximum absolute atomic E-state index is 14.2. The lowest BCUT2D eigenvalue weighted by atomic mass is 9.89. The summed E-state index contributed by atoms with van der Waals surface area (Å²) in [5.41, 5.74) is 10.7. The Labute approximate surface area is 217 Å². The van der Waals surface area contributed by atoms with Crippen LogP contribution in [0.2, 0.25) is 5.02 Å². The summed E-state index contributed by atoms with van der Waals surface area (Å²) in [7, 11) is 0. The Morgan fingerprint density at radius 3 is 2.44 bits per heavy atom. The number of hydrogen-bond acceptors (Lipinski definition) is 3. The van der Waals surface area contributed by atoms with Crippen LogP contribution in [0.1, 0.15) is 27.4 Å². The van der Waals surface area contributed by atoms with Crippen molar-refractivity contribution in [2.45, 2.75) is 16.7 Å². The van der Waals surface area contributed by atoms with Gasteiger partial charge in [-0.15, -0.1) is 23.2 Å². The van der Waals surface area contributed by atoms with Crippen LogP contribution in [0.25, 0.3) is 0 Å². The first kappa shape index (κ1) is 26.2. The number of nitrogens with two attached hydrogens (primary N) is 2. The molecule has 1 atom stereocenters. The van der Waals surface area contributed by atoms with Crippen LogP contribution in [0.3, 0.4) is 0 Å². The summed E-state index contributed by atoms with van der Waals surface area (Å²) in [4.78, 5) is 25.2. The molecule has 0 heterocycles. The Bertz CT molecular complexity index is 1270. The Kier molecular flexibility index (Phi) is 8.08. The molecule has 178 valence electrons. The first-order valence-electron chi connectivity index (χ1n) is 9.66. The molecule has 0 fully saturated rings. The molecule has 0 saturated heterocycles. The number of rotatable bonds is 7. The smallest absolute Gasteiger partial charge is 0.257 e. The van der Waals surface area contributed by atoms with Crippen molar-refractivity contribution in [2.75, 3.05) is 11.1 Å². The van der Waals surface area contributed by atoms with Gasteiger partial charge in [-0.2, -0.15) is 0 Å². The van der Waals surface area contributed by atoms with Gasteiger partial charge < -0.3 is 16.8 Å². The van der Waals surface area contributed by atoms with Gasteiger partial charge in [-0.3, -0.25) is 9.59 Å². The fourth-order valence-corrected chi connectivity index (χ4v) is 4.82. The SMILES string of the molecule is NC(=O)C(c1ccc(Cl)c(C(=O)Nc2ccc(F)c(N)c2F)c1)C(Cl)(Cl)Cc1cccc(Br)c1. The third kappa shape index (κ3) is 5.81. The minimum atomic E-state index is -1.67. The van der Waals surface area contributed by atoms with E-state index >= 15 is 0 Å². The molecule has 11 heteroatoms. The summed E-state index contributed by atoms with van der Waals surface area (Å²) in [6.07, 6.45) is 0.0629. The molecule has 0 aliphatic carbocycles. The predicted octanol–water partition coefficient (Wildman–Crippen LogP) is 6.20. The number of nitrogen functional groups attached to an aromatic ring is 1. The van der Waals surface area contributed by atoms with Crippen molar-refractivity contribution in [3.05, 3.63) is 92.4 Å². The van der Waals surface area contributed by atoms with E-state index in [1.165, 1.54) is 18.2 Å². The van der Waals surface area contributed by atoms with E-state index in [1.54, 1.807) is 18.2 Å². The van der Waals surface area contributed by atoms with Gasteiger partial charge in [0.25, 0.3) is 5.91 Å². The van der Waals surface area contributed by atoms with Crippen LogP contribution in [0.4, 0.5) is 20.2 Å². The van der Waals surface area contributed by atoms with Crippen LogP contribution >= 0.6 is 50.7 Å². The Balaban J connectivity index is 1.95. The molecular weight excluding hydrogens is 575 g/mol. The van der Waals surface area contributed by atoms with Crippen LogP contribution in [-0.2, 0) is 11.2 Å². The highest BCUT2D eigenvalue weighted by molar-refractivity contribution is 9.10. The second kappa shape index (κ2) is 10.5. The molecule has 0 spiro atoms. The van der Waals surface area contributed by atoms with Crippen LogP contribution in [0, 0.1) is 11.6 Å². The molecule has 5 nitrogen and oxygen atoms in total. The van der Waals surface area contributed by atoms with Gasteiger partial charge in [0, 0.05) is 10.9 Å². The van der Waals surface area contributed by atoms with E-state index in [0.29, 0.717) is 0 Å². The van der Waals surface area contributed by atoms with Gasteiger partial charge in [0.15, 0.2) is 5.82 Å². The highest BCUT2D eigenvalue weighted by atomic mass is 79.9. The average Bonchev–Trinajstić information content (AvgIpc) is 2.74. The maximum atomic E-state index is 14.2. The molecule has 3 aromatic rings. The molecule has 0 aromatic heterocycles. The van der Waals surface area contributed by atoms with Crippen LogP contribution in [0.15, 0.2) is 59.1 Å².